The molecule has 0 atom stereocenters. The third-order valence-electron chi connectivity index (χ3n) is 4.60. The van der Waals surface area contributed by atoms with Crippen LogP contribution in [-0.2, 0) is 16.2 Å². The number of H-pyrrole nitrogens is 1. The van der Waals surface area contributed by atoms with Crippen LogP contribution in [0.15, 0.2) is 53.8 Å². The highest BCUT2D eigenvalue weighted by Crippen LogP contribution is 2.31. The number of aromatic amines is 1. The zero-order chi connectivity index (χ0) is 21.7. The molecule has 12 heteroatoms. The Morgan fingerprint density at radius 2 is 1.97 bits per heavy atom. The lowest BCUT2D eigenvalue weighted by molar-refractivity contribution is -0.141. The summed E-state index contributed by atoms with van der Waals surface area (Å²) in [4.78, 5) is 3.12. The Balaban J connectivity index is 1.73. The molecule has 0 radical (unpaired) electrons. The zero-order valence-electron chi connectivity index (χ0n) is 15.7. The number of alkyl halides is 3. The number of rotatable bonds is 4. The first-order valence-electron chi connectivity index (χ1n) is 8.60. The highest BCUT2D eigenvalue weighted by atomic mass is 32.2. The first-order valence-corrected chi connectivity index (χ1v) is 10.0. The van der Waals surface area contributed by atoms with E-state index in [0.29, 0.717) is 22.3 Å². The van der Waals surface area contributed by atoms with Gasteiger partial charge in [0.1, 0.15) is 10.6 Å². The number of aryl methyl sites for hydroxylation is 1. The Morgan fingerprint density at radius 3 is 2.70 bits per heavy atom. The van der Waals surface area contributed by atoms with Gasteiger partial charge in [0, 0.05) is 18.6 Å². The van der Waals surface area contributed by atoms with E-state index < -0.39 is 21.9 Å². The second-order valence-electron chi connectivity index (χ2n) is 6.50. The monoisotopic (exact) mass is 436 g/mol. The first kappa shape index (κ1) is 19.9. The smallest absolute Gasteiger partial charge is 0.277 e. The fraction of sp³-hybridized carbons (Fsp3) is 0.167. The zero-order valence-corrected chi connectivity index (χ0v) is 16.5. The summed E-state index contributed by atoms with van der Waals surface area (Å²) in [7, 11) is -2.64. The Hall–Kier alpha value is -3.41. The van der Waals surface area contributed by atoms with Crippen LogP contribution in [0, 0.1) is 6.92 Å². The maximum absolute atomic E-state index is 13.1. The number of anilines is 1. The maximum Gasteiger partial charge on any atom is 0.433 e. The molecule has 0 aliphatic carbocycles. The van der Waals surface area contributed by atoms with Crippen molar-refractivity contribution >= 4 is 26.6 Å². The molecule has 4 aromatic rings. The van der Waals surface area contributed by atoms with Crippen LogP contribution in [0.2, 0.25) is 0 Å². The van der Waals surface area contributed by atoms with Crippen molar-refractivity contribution in [2.45, 2.75) is 18.0 Å². The Bertz CT molecular complexity index is 1340. The lowest BCUT2D eigenvalue weighted by atomic mass is 10.2. The average Bonchev–Trinajstić information content (AvgIpc) is 3.35. The summed E-state index contributed by atoms with van der Waals surface area (Å²) in [6.45, 7) is 1.75. The number of benzene rings is 1. The molecule has 1 N–H and O–H groups in total. The number of hydrogen-bond donors (Lipinski definition) is 1. The summed E-state index contributed by atoms with van der Waals surface area (Å²) in [6.07, 6.45) is -1.40. The van der Waals surface area contributed by atoms with E-state index in [2.05, 4.69) is 20.3 Å². The van der Waals surface area contributed by atoms with Gasteiger partial charge in [-0.1, -0.05) is 6.07 Å². The normalized spacial score (nSPS) is 12.4. The summed E-state index contributed by atoms with van der Waals surface area (Å²) in [6, 6.07) is 7.21. The van der Waals surface area contributed by atoms with Crippen LogP contribution < -0.4 is 4.31 Å². The van der Waals surface area contributed by atoms with Gasteiger partial charge in [0.05, 0.1) is 35.0 Å². The molecule has 0 bridgehead atoms. The molecule has 156 valence electrons. The molecule has 0 saturated heterocycles. The van der Waals surface area contributed by atoms with E-state index in [1.54, 1.807) is 25.1 Å². The van der Waals surface area contributed by atoms with Crippen molar-refractivity contribution in [1.29, 1.82) is 0 Å². The number of fused-ring (bicyclic) bond motifs is 1. The second kappa shape index (κ2) is 6.83. The SMILES string of the molecule is Cc1n[nH]c2cccc(N(C)S(=O)(=O)c3cnn(-c4ccnc(C(F)(F)F)c4)c3)c12. The third-order valence-corrected chi connectivity index (χ3v) is 6.33. The number of hydrogen-bond acceptors (Lipinski definition) is 5. The van der Waals surface area contributed by atoms with Crippen molar-refractivity contribution in [3.8, 4) is 5.69 Å². The summed E-state index contributed by atoms with van der Waals surface area (Å²) < 4.78 is 67.1. The molecule has 1 aromatic carbocycles. The Kier molecular flexibility index (Phi) is 4.53. The van der Waals surface area contributed by atoms with Crippen LogP contribution in [0.25, 0.3) is 16.6 Å². The van der Waals surface area contributed by atoms with E-state index in [1.165, 1.54) is 13.1 Å². The molecule has 0 fully saturated rings. The van der Waals surface area contributed by atoms with Gasteiger partial charge in [-0.05, 0) is 31.2 Å². The van der Waals surface area contributed by atoms with E-state index in [1.807, 2.05) is 0 Å². The molecular weight excluding hydrogens is 421 g/mol. The van der Waals surface area contributed by atoms with E-state index in [9.17, 15) is 21.6 Å². The third kappa shape index (κ3) is 3.28. The summed E-state index contributed by atoms with van der Waals surface area (Å²) in [5, 5.41) is 11.5. The molecule has 0 amide bonds. The van der Waals surface area contributed by atoms with Crippen molar-refractivity contribution in [3.05, 3.63) is 60.3 Å². The molecular formula is C18H15F3N6O2S. The number of halogens is 3. The lowest BCUT2D eigenvalue weighted by Gasteiger charge is -2.19. The molecule has 8 nitrogen and oxygen atoms in total. The summed E-state index contributed by atoms with van der Waals surface area (Å²) >= 11 is 0. The molecule has 0 aliphatic heterocycles. The van der Waals surface area contributed by atoms with Gasteiger partial charge >= 0.3 is 6.18 Å². The predicted molar refractivity (Wildman–Crippen MR) is 103 cm³/mol. The second-order valence-corrected chi connectivity index (χ2v) is 8.47. The lowest BCUT2D eigenvalue weighted by Crippen LogP contribution is -2.26. The quantitative estimate of drug-likeness (QED) is 0.530. The van der Waals surface area contributed by atoms with E-state index in [-0.39, 0.29) is 10.6 Å². The summed E-state index contributed by atoms with van der Waals surface area (Å²) in [5.74, 6) is 0. The van der Waals surface area contributed by atoms with Crippen LogP contribution in [0.5, 0.6) is 0 Å². The summed E-state index contributed by atoms with van der Waals surface area (Å²) in [5.41, 5.74) is 0.664. The van der Waals surface area contributed by atoms with Crippen LogP contribution in [-0.4, -0.2) is 40.4 Å². The van der Waals surface area contributed by atoms with Crippen LogP contribution in [0.4, 0.5) is 18.9 Å². The highest BCUT2D eigenvalue weighted by molar-refractivity contribution is 7.92. The molecule has 3 heterocycles. The molecule has 0 unspecified atom stereocenters. The first-order chi connectivity index (χ1) is 14.1. The van der Waals surface area contributed by atoms with Crippen molar-refractivity contribution in [1.82, 2.24) is 25.0 Å². The standard InChI is InChI=1S/C18H15F3N6O2S/c1-11-17-14(25-24-11)4-3-5-15(17)26(2)30(28,29)13-9-23-27(10-13)12-6-7-22-16(8-12)18(19,20)21/h3-10H,1-2H3,(H,24,25). The van der Waals surface area contributed by atoms with Crippen molar-refractivity contribution in [2.24, 2.45) is 0 Å². The van der Waals surface area contributed by atoms with Gasteiger partial charge in [-0.3, -0.25) is 14.4 Å². The van der Waals surface area contributed by atoms with Crippen molar-refractivity contribution in [2.75, 3.05) is 11.4 Å². The molecule has 3 aromatic heterocycles. The van der Waals surface area contributed by atoms with Crippen molar-refractivity contribution in [3.63, 3.8) is 0 Å². The van der Waals surface area contributed by atoms with Gasteiger partial charge in [0.25, 0.3) is 10.0 Å². The minimum Gasteiger partial charge on any atom is -0.277 e. The van der Waals surface area contributed by atoms with Crippen LogP contribution >= 0.6 is 0 Å². The Labute approximate surface area is 169 Å². The fourth-order valence-electron chi connectivity index (χ4n) is 3.06. The van der Waals surface area contributed by atoms with Gasteiger partial charge in [-0.15, -0.1) is 0 Å². The molecule has 0 saturated carbocycles. The fourth-order valence-corrected chi connectivity index (χ4v) is 4.20. The Morgan fingerprint density at radius 1 is 1.20 bits per heavy atom. The van der Waals surface area contributed by atoms with E-state index in [4.69, 9.17) is 0 Å². The van der Waals surface area contributed by atoms with Gasteiger partial charge in [-0.25, -0.2) is 13.1 Å². The average molecular weight is 436 g/mol. The minimum absolute atomic E-state index is 0.0363. The number of pyridine rings is 1. The predicted octanol–water partition coefficient (Wildman–Crippen LogP) is 3.30. The topological polar surface area (TPSA) is 96.8 Å². The van der Waals surface area contributed by atoms with Gasteiger partial charge < -0.3 is 0 Å². The number of sulfonamides is 1. The van der Waals surface area contributed by atoms with Gasteiger partial charge in [-0.2, -0.15) is 23.4 Å². The number of nitrogens with zero attached hydrogens (tertiary/aromatic N) is 5. The van der Waals surface area contributed by atoms with Gasteiger partial charge in [0.15, 0.2) is 0 Å². The van der Waals surface area contributed by atoms with E-state index >= 15 is 0 Å². The van der Waals surface area contributed by atoms with E-state index in [0.717, 1.165) is 33.6 Å². The number of aromatic nitrogens is 5. The largest absolute Gasteiger partial charge is 0.433 e. The van der Waals surface area contributed by atoms with Gasteiger partial charge in [0.2, 0.25) is 0 Å². The van der Waals surface area contributed by atoms with Crippen molar-refractivity contribution < 1.29 is 21.6 Å². The van der Waals surface area contributed by atoms with Crippen LogP contribution in [0.3, 0.4) is 0 Å². The van der Waals surface area contributed by atoms with Crippen LogP contribution in [0.1, 0.15) is 11.4 Å². The molecule has 0 spiro atoms. The highest BCUT2D eigenvalue weighted by Gasteiger charge is 2.33. The molecule has 30 heavy (non-hydrogen) atoms. The maximum atomic E-state index is 13.1. The minimum atomic E-state index is -4.63. The molecule has 4 rings (SSSR count). The number of nitrogens with one attached hydrogen (secondary N) is 1. The molecule has 0 aliphatic rings.